The standard InChI is InChI=1S/C14H17F3N2O4S/c15-14(16,17)24(20,21)19-9-13(10-19)12(3-6-23-13)8-22-7-11-1-4-18-5-2-11/h1-2,4-5,12H,3,6-10H2/t12-/m1/s1. The summed E-state index contributed by atoms with van der Waals surface area (Å²) in [4.78, 5) is 3.90. The summed E-state index contributed by atoms with van der Waals surface area (Å²) in [5.74, 6) is -0.126. The SMILES string of the molecule is O=S(=O)(N1CC2(C1)OCC[C@@H]2COCc1ccncc1)C(F)(F)F. The summed E-state index contributed by atoms with van der Waals surface area (Å²) in [5.41, 5.74) is -5.20. The first-order chi connectivity index (χ1) is 11.2. The maximum atomic E-state index is 12.6. The van der Waals surface area contributed by atoms with Crippen LogP contribution in [0.1, 0.15) is 12.0 Å². The molecular weight excluding hydrogens is 349 g/mol. The lowest BCUT2D eigenvalue weighted by molar-refractivity contribution is -0.123. The van der Waals surface area contributed by atoms with Gasteiger partial charge in [-0.25, -0.2) is 8.42 Å². The molecule has 0 aromatic carbocycles. The molecule has 0 amide bonds. The largest absolute Gasteiger partial charge is 0.511 e. The second-order valence-electron chi connectivity index (χ2n) is 5.99. The number of nitrogens with zero attached hydrogens (tertiary/aromatic N) is 2. The summed E-state index contributed by atoms with van der Waals surface area (Å²) < 4.78 is 72.1. The van der Waals surface area contributed by atoms with Crippen molar-refractivity contribution in [1.29, 1.82) is 0 Å². The minimum atomic E-state index is -5.28. The monoisotopic (exact) mass is 366 g/mol. The highest BCUT2D eigenvalue weighted by molar-refractivity contribution is 7.90. The number of ether oxygens (including phenoxy) is 2. The first kappa shape index (κ1) is 17.6. The van der Waals surface area contributed by atoms with Crippen LogP contribution in [0, 0.1) is 5.92 Å². The fourth-order valence-corrected chi connectivity index (χ4v) is 4.10. The van der Waals surface area contributed by atoms with Crippen molar-refractivity contribution in [2.45, 2.75) is 24.1 Å². The van der Waals surface area contributed by atoms with Gasteiger partial charge in [0.25, 0.3) is 0 Å². The molecule has 1 aromatic rings. The van der Waals surface area contributed by atoms with E-state index in [2.05, 4.69) is 4.98 Å². The van der Waals surface area contributed by atoms with Gasteiger partial charge in [0.2, 0.25) is 0 Å². The Hall–Kier alpha value is -1.23. The van der Waals surface area contributed by atoms with Gasteiger partial charge in [-0.2, -0.15) is 17.5 Å². The Morgan fingerprint density at radius 2 is 2.00 bits per heavy atom. The summed E-state index contributed by atoms with van der Waals surface area (Å²) in [5, 5.41) is 0. The highest BCUT2D eigenvalue weighted by Gasteiger charge is 2.62. The molecule has 2 aliphatic rings. The first-order valence-electron chi connectivity index (χ1n) is 7.42. The van der Waals surface area contributed by atoms with E-state index in [0.29, 0.717) is 30.5 Å². The number of rotatable bonds is 5. The van der Waals surface area contributed by atoms with Crippen molar-refractivity contribution < 1.29 is 31.1 Å². The third-order valence-corrected chi connectivity index (χ3v) is 5.98. The van der Waals surface area contributed by atoms with E-state index in [1.807, 2.05) is 12.1 Å². The highest BCUT2D eigenvalue weighted by atomic mass is 32.2. The van der Waals surface area contributed by atoms with Crippen molar-refractivity contribution in [3.63, 3.8) is 0 Å². The van der Waals surface area contributed by atoms with Crippen LogP contribution < -0.4 is 0 Å². The van der Waals surface area contributed by atoms with Gasteiger partial charge in [-0.15, -0.1) is 0 Å². The van der Waals surface area contributed by atoms with Gasteiger partial charge in [-0.05, 0) is 24.1 Å². The number of aromatic nitrogens is 1. The molecule has 3 heterocycles. The fraction of sp³-hybridized carbons (Fsp3) is 0.643. The molecule has 6 nitrogen and oxygen atoms in total. The first-order valence-corrected chi connectivity index (χ1v) is 8.86. The van der Waals surface area contributed by atoms with Gasteiger partial charge in [-0.3, -0.25) is 4.98 Å². The van der Waals surface area contributed by atoms with Crippen molar-refractivity contribution in [2.24, 2.45) is 5.92 Å². The van der Waals surface area contributed by atoms with E-state index in [4.69, 9.17) is 9.47 Å². The summed E-state index contributed by atoms with van der Waals surface area (Å²) in [7, 11) is -5.28. The van der Waals surface area contributed by atoms with E-state index < -0.39 is 21.1 Å². The normalized spacial score (nSPS) is 24.2. The van der Waals surface area contributed by atoms with Crippen molar-refractivity contribution >= 4 is 10.0 Å². The van der Waals surface area contributed by atoms with Gasteiger partial charge in [-0.1, -0.05) is 0 Å². The van der Waals surface area contributed by atoms with Crippen LogP contribution in [-0.2, 0) is 26.1 Å². The summed E-state index contributed by atoms with van der Waals surface area (Å²) in [6.45, 7) is 0.501. The second kappa shape index (κ2) is 6.25. The van der Waals surface area contributed by atoms with Crippen LogP contribution in [0.2, 0.25) is 0 Å². The van der Waals surface area contributed by atoms with Crippen molar-refractivity contribution in [2.75, 3.05) is 26.3 Å². The molecule has 3 rings (SSSR count). The summed E-state index contributed by atoms with van der Waals surface area (Å²) in [6, 6.07) is 3.61. The Kier molecular flexibility index (Phi) is 4.58. The van der Waals surface area contributed by atoms with Crippen LogP contribution in [0.5, 0.6) is 0 Å². The number of pyridine rings is 1. The zero-order valence-electron chi connectivity index (χ0n) is 12.7. The van der Waals surface area contributed by atoms with Crippen LogP contribution in [-0.4, -0.2) is 55.1 Å². The predicted octanol–water partition coefficient (Wildman–Crippen LogP) is 1.54. The van der Waals surface area contributed by atoms with E-state index in [9.17, 15) is 21.6 Å². The molecule has 0 unspecified atom stereocenters. The molecule has 0 bridgehead atoms. The molecular formula is C14H17F3N2O4S. The molecule has 2 aliphatic heterocycles. The average Bonchev–Trinajstić information content (AvgIpc) is 2.89. The van der Waals surface area contributed by atoms with Crippen LogP contribution >= 0.6 is 0 Å². The molecule has 134 valence electrons. The zero-order valence-corrected chi connectivity index (χ0v) is 13.5. The maximum absolute atomic E-state index is 12.6. The Morgan fingerprint density at radius 3 is 2.62 bits per heavy atom. The molecule has 0 radical (unpaired) electrons. The van der Waals surface area contributed by atoms with E-state index in [1.54, 1.807) is 12.4 Å². The molecule has 2 saturated heterocycles. The highest BCUT2D eigenvalue weighted by Crippen LogP contribution is 2.43. The van der Waals surface area contributed by atoms with Crippen molar-refractivity contribution in [3.05, 3.63) is 30.1 Å². The Balaban J connectivity index is 1.55. The van der Waals surface area contributed by atoms with Gasteiger partial charge in [0.1, 0.15) is 5.60 Å². The van der Waals surface area contributed by atoms with Crippen molar-refractivity contribution in [1.82, 2.24) is 9.29 Å². The van der Waals surface area contributed by atoms with Crippen molar-refractivity contribution in [3.8, 4) is 0 Å². The van der Waals surface area contributed by atoms with Gasteiger partial charge in [0.15, 0.2) is 0 Å². The lowest BCUT2D eigenvalue weighted by Crippen LogP contribution is -2.68. The van der Waals surface area contributed by atoms with E-state index in [1.165, 1.54) is 0 Å². The maximum Gasteiger partial charge on any atom is 0.511 e. The third kappa shape index (κ3) is 3.15. The lowest BCUT2D eigenvalue weighted by atomic mass is 9.83. The molecule has 0 saturated carbocycles. The number of hydrogen-bond acceptors (Lipinski definition) is 5. The molecule has 2 fully saturated rings. The number of hydrogen-bond donors (Lipinski definition) is 0. The smallest absolute Gasteiger partial charge is 0.376 e. The number of halogens is 3. The molecule has 0 N–H and O–H groups in total. The Labute approximate surface area is 137 Å². The van der Waals surface area contributed by atoms with Crippen LogP contribution in [0.15, 0.2) is 24.5 Å². The van der Waals surface area contributed by atoms with Gasteiger partial charge < -0.3 is 9.47 Å². The average molecular weight is 366 g/mol. The van der Waals surface area contributed by atoms with Gasteiger partial charge >= 0.3 is 15.5 Å². The van der Waals surface area contributed by atoms with Crippen LogP contribution in [0.4, 0.5) is 13.2 Å². The topological polar surface area (TPSA) is 68.7 Å². The van der Waals surface area contributed by atoms with Crippen LogP contribution in [0.3, 0.4) is 0 Å². The second-order valence-corrected chi connectivity index (χ2v) is 7.92. The molecule has 0 aliphatic carbocycles. The van der Waals surface area contributed by atoms with Crippen LogP contribution in [0.25, 0.3) is 0 Å². The summed E-state index contributed by atoms with van der Waals surface area (Å²) in [6.07, 6.45) is 3.92. The van der Waals surface area contributed by atoms with E-state index in [0.717, 1.165) is 5.56 Å². The quantitative estimate of drug-likeness (QED) is 0.791. The van der Waals surface area contributed by atoms with E-state index in [-0.39, 0.29) is 19.0 Å². The van der Waals surface area contributed by atoms with Gasteiger partial charge in [0, 0.05) is 38.0 Å². The molecule has 10 heteroatoms. The van der Waals surface area contributed by atoms with Gasteiger partial charge in [0.05, 0.1) is 13.2 Å². The number of sulfonamides is 1. The molecule has 1 atom stereocenters. The summed E-state index contributed by atoms with van der Waals surface area (Å²) >= 11 is 0. The Bertz CT molecular complexity index is 675. The fourth-order valence-electron chi connectivity index (χ4n) is 3.04. The minimum Gasteiger partial charge on any atom is -0.376 e. The number of alkyl halides is 3. The predicted molar refractivity (Wildman–Crippen MR) is 77.2 cm³/mol. The third-order valence-electron chi connectivity index (χ3n) is 4.46. The molecule has 24 heavy (non-hydrogen) atoms. The zero-order chi connectivity index (χ0) is 17.4. The Morgan fingerprint density at radius 1 is 1.33 bits per heavy atom. The lowest BCUT2D eigenvalue weighted by Gasteiger charge is -2.49. The van der Waals surface area contributed by atoms with E-state index >= 15 is 0 Å². The molecule has 1 aromatic heterocycles. The molecule has 1 spiro atoms. The minimum absolute atomic E-state index is 0.126.